The molecule has 0 fully saturated rings. The SMILES string of the molecule is CCCc1nc([C@@H](N)[C@@H](C)CC)n[nH]1. The van der Waals surface area contributed by atoms with E-state index in [2.05, 4.69) is 36.0 Å². The molecule has 0 saturated carbocycles. The fourth-order valence-corrected chi connectivity index (χ4v) is 1.32. The summed E-state index contributed by atoms with van der Waals surface area (Å²) in [6, 6.07) is -0.0399. The molecule has 14 heavy (non-hydrogen) atoms. The van der Waals surface area contributed by atoms with Crippen LogP contribution in [-0.2, 0) is 6.42 Å². The van der Waals surface area contributed by atoms with Crippen LogP contribution in [0.4, 0.5) is 0 Å². The van der Waals surface area contributed by atoms with E-state index in [1.165, 1.54) is 0 Å². The fraction of sp³-hybridized carbons (Fsp3) is 0.800. The minimum absolute atomic E-state index is 0.0399. The van der Waals surface area contributed by atoms with Crippen LogP contribution in [0, 0.1) is 5.92 Å². The number of aromatic nitrogens is 3. The number of nitrogens with one attached hydrogen (secondary N) is 1. The van der Waals surface area contributed by atoms with E-state index in [0.29, 0.717) is 5.92 Å². The smallest absolute Gasteiger partial charge is 0.167 e. The highest BCUT2D eigenvalue weighted by Crippen LogP contribution is 2.18. The van der Waals surface area contributed by atoms with Crippen molar-refractivity contribution in [3.63, 3.8) is 0 Å². The summed E-state index contributed by atoms with van der Waals surface area (Å²) in [5.41, 5.74) is 6.01. The molecule has 0 aliphatic rings. The standard InChI is InChI=1S/C10H20N4/c1-4-6-8-12-10(14-13-8)9(11)7(3)5-2/h7,9H,4-6,11H2,1-3H3,(H,12,13,14)/t7-,9-/m0/s1. The number of hydrogen-bond donors (Lipinski definition) is 2. The second-order valence-electron chi connectivity index (χ2n) is 3.80. The van der Waals surface area contributed by atoms with Gasteiger partial charge in [0.15, 0.2) is 5.82 Å². The van der Waals surface area contributed by atoms with Gasteiger partial charge in [0.25, 0.3) is 0 Å². The van der Waals surface area contributed by atoms with Gasteiger partial charge >= 0.3 is 0 Å². The molecule has 0 aromatic carbocycles. The Morgan fingerprint density at radius 2 is 2.14 bits per heavy atom. The maximum Gasteiger partial charge on any atom is 0.167 e. The van der Waals surface area contributed by atoms with Crippen LogP contribution in [0.2, 0.25) is 0 Å². The van der Waals surface area contributed by atoms with Crippen LogP contribution in [0.5, 0.6) is 0 Å². The van der Waals surface area contributed by atoms with Gasteiger partial charge in [0.1, 0.15) is 5.82 Å². The lowest BCUT2D eigenvalue weighted by atomic mass is 10.00. The molecule has 1 rings (SSSR count). The van der Waals surface area contributed by atoms with E-state index in [1.54, 1.807) is 0 Å². The van der Waals surface area contributed by atoms with Crippen molar-refractivity contribution < 1.29 is 0 Å². The summed E-state index contributed by atoms with van der Waals surface area (Å²) in [4.78, 5) is 4.38. The molecule has 1 aromatic heterocycles. The van der Waals surface area contributed by atoms with Gasteiger partial charge in [-0.25, -0.2) is 4.98 Å². The largest absolute Gasteiger partial charge is 0.321 e. The van der Waals surface area contributed by atoms with Crippen LogP contribution in [0.3, 0.4) is 0 Å². The van der Waals surface area contributed by atoms with Crippen molar-refractivity contribution in [1.29, 1.82) is 0 Å². The lowest BCUT2D eigenvalue weighted by Crippen LogP contribution is -2.20. The molecular formula is C10H20N4. The third kappa shape index (κ3) is 2.54. The normalized spacial score (nSPS) is 15.4. The predicted molar refractivity (Wildman–Crippen MR) is 56.8 cm³/mol. The van der Waals surface area contributed by atoms with Crippen molar-refractivity contribution in [3.05, 3.63) is 11.6 Å². The van der Waals surface area contributed by atoms with Crippen LogP contribution < -0.4 is 5.73 Å². The Morgan fingerprint density at radius 1 is 1.43 bits per heavy atom. The van der Waals surface area contributed by atoms with E-state index in [-0.39, 0.29) is 6.04 Å². The van der Waals surface area contributed by atoms with Gasteiger partial charge in [-0.2, -0.15) is 5.10 Å². The van der Waals surface area contributed by atoms with Crippen molar-refractivity contribution in [3.8, 4) is 0 Å². The zero-order valence-electron chi connectivity index (χ0n) is 9.25. The second-order valence-corrected chi connectivity index (χ2v) is 3.80. The summed E-state index contributed by atoms with van der Waals surface area (Å²) in [6.45, 7) is 6.38. The quantitative estimate of drug-likeness (QED) is 0.754. The van der Waals surface area contributed by atoms with Gasteiger partial charge in [-0.15, -0.1) is 0 Å². The van der Waals surface area contributed by atoms with Gasteiger partial charge in [0, 0.05) is 6.42 Å². The first-order valence-electron chi connectivity index (χ1n) is 5.35. The summed E-state index contributed by atoms with van der Waals surface area (Å²) < 4.78 is 0. The van der Waals surface area contributed by atoms with Crippen molar-refractivity contribution >= 4 is 0 Å². The number of nitrogens with zero attached hydrogens (tertiary/aromatic N) is 2. The van der Waals surface area contributed by atoms with Crippen LogP contribution in [0.15, 0.2) is 0 Å². The van der Waals surface area contributed by atoms with Crippen LogP contribution in [0.1, 0.15) is 51.3 Å². The third-order valence-electron chi connectivity index (χ3n) is 2.59. The molecule has 0 unspecified atom stereocenters. The highest BCUT2D eigenvalue weighted by Gasteiger charge is 2.17. The topological polar surface area (TPSA) is 67.6 Å². The Bertz CT molecular complexity index is 269. The predicted octanol–water partition coefficient (Wildman–Crippen LogP) is 1.80. The number of aryl methyl sites for hydroxylation is 1. The molecule has 0 amide bonds. The summed E-state index contributed by atoms with van der Waals surface area (Å²) in [6.07, 6.45) is 3.08. The number of rotatable bonds is 5. The molecule has 3 N–H and O–H groups in total. The minimum Gasteiger partial charge on any atom is -0.321 e. The number of hydrogen-bond acceptors (Lipinski definition) is 3. The molecule has 0 saturated heterocycles. The summed E-state index contributed by atoms with van der Waals surface area (Å²) in [5, 5.41) is 7.07. The van der Waals surface area contributed by atoms with Gasteiger partial charge in [0.2, 0.25) is 0 Å². The zero-order valence-corrected chi connectivity index (χ0v) is 9.25. The number of aromatic amines is 1. The second kappa shape index (κ2) is 5.10. The molecule has 0 spiro atoms. The Balaban J connectivity index is 2.65. The van der Waals surface area contributed by atoms with Gasteiger partial charge < -0.3 is 5.73 Å². The van der Waals surface area contributed by atoms with E-state index < -0.39 is 0 Å². The molecule has 4 heteroatoms. The van der Waals surface area contributed by atoms with Crippen molar-refractivity contribution in [1.82, 2.24) is 15.2 Å². The third-order valence-corrected chi connectivity index (χ3v) is 2.59. The molecule has 0 aliphatic heterocycles. The molecule has 0 radical (unpaired) electrons. The molecule has 0 aliphatic carbocycles. The highest BCUT2D eigenvalue weighted by atomic mass is 15.2. The van der Waals surface area contributed by atoms with E-state index >= 15 is 0 Å². The highest BCUT2D eigenvalue weighted by molar-refractivity contribution is 4.97. The first-order valence-corrected chi connectivity index (χ1v) is 5.35. The molecule has 1 aromatic rings. The monoisotopic (exact) mass is 196 g/mol. The lowest BCUT2D eigenvalue weighted by molar-refractivity contribution is 0.440. The maximum absolute atomic E-state index is 6.01. The molecular weight excluding hydrogens is 176 g/mol. The zero-order chi connectivity index (χ0) is 10.6. The van der Waals surface area contributed by atoms with E-state index in [4.69, 9.17) is 5.73 Å². The minimum atomic E-state index is -0.0399. The van der Waals surface area contributed by atoms with Crippen LogP contribution >= 0.6 is 0 Å². The average molecular weight is 196 g/mol. The van der Waals surface area contributed by atoms with Crippen LogP contribution in [-0.4, -0.2) is 15.2 Å². The Labute approximate surface area is 85.3 Å². The summed E-state index contributed by atoms with van der Waals surface area (Å²) in [7, 11) is 0. The summed E-state index contributed by atoms with van der Waals surface area (Å²) >= 11 is 0. The number of nitrogens with two attached hydrogens (primary N) is 1. The van der Waals surface area contributed by atoms with E-state index in [9.17, 15) is 0 Å². The summed E-state index contributed by atoms with van der Waals surface area (Å²) in [5.74, 6) is 2.13. The number of H-pyrrole nitrogens is 1. The van der Waals surface area contributed by atoms with Crippen molar-refractivity contribution in [2.45, 2.75) is 46.1 Å². The molecule has 4 nitrogen and oxygen atoms in total. The average Bonchev–Trinajstić information content (AvgIpc) is 2.64. The Hall–Kier alpha value is -0.900. The van der Waals surface area contributed by atoms with Crippen molar-refractivity contribution in [2.75, 3.05) is 0 Å². The Kier molecular flexibility index (Phi) is 4.07. The van der Waals surface area contributed by atoms with Gasteiger partial charge in [-0.3, -0.25) is 5.10 Å². The lowest BCUT2D eigenvalue weighted by Gasteiger charge is -2.13. The fourth-order valence-electron chi connectivity index (χ4n) is 1.32. The van der Waals surface area contributed by atoms with Gasteiger partial charge in [-0.1, -0.05) is 27.2 Å². The van der Waals surface area contributed by atoms with E-state index in [1.807, 2.05) is 0 Å². The molecule has 0 bridgehead atoms. The molecule has 1 heterocycles. The van der Waals surface area contributed by atoms with Gasteiger partial charge in [0.05, 0.1) is 6.04 Å². The van der Waals surface area contributed by atoms with Crippen molar-refractivity contribution in [2.24, 2.45) is 11.7 Å². The molecule has 2 atom stereocenters. The first kappa shape index (κ1) is 11.2. The maximum atomic E-state index is 6.01. The van der Waals surface area contributed by atoms with Gasteiger partial charge in [-0.05, 0) is 12.3 Å². The van der Waals surface area contributed by atoms with Crippen LogP contribution in [0.25, 0.3) is 0 Å². The first-order chi connectivity index (χ1) is 6.69. The Morgan fingerprint density at radius 3 is 2.71 bits per heavy atom. The van der Waals surface area contributed by atoms with E-state index in [0.717, 1.165) is 30.9 Å². The molecule has 80 valence electrons.